The van der Waals surface area contributed by atoms with Gasteiger partial charge in [-0.25, -0.2) is 4.98 Å². The first-order valence-corrected chi connectivity index (χ1v) is 9.48. The molecule has 0 atom stereocenters. The fraction of sp³-hybridized carbons (Fsp3) is 0.167. The van der Waals surface area contributed by atoms with Crippen LogP contribution in [0.3, 0.4) is 0 Å². The number of nitrogens with zero attached hydrogens (tertiary/aromatic N) is 3. The van der Waals surface area contributed by atoms with Crippen molar-refractivity contribution in [2.24, 2.45) is 0 Å². The molecule has 4 aromatic rings. The summed E-state index contributed by atoms with van der Waals surface area (Å²) in [6.45, 7) is 2.51. The molecular weight excluding hydrogens is 362 g/mol. The first kappa shape index (κ1) is 18.7. The maximum absolute atomic E-state index is 12.9. The lowest BCUT2D eigenvalue weighted by molar-refractivity contribution is 0.0784. The lowest BCUT2D eigenvalue weighted by Gasteiger charge is -2.19. The van der Waals surface area contributed by atoms with E-state index in [2.05, 4.69) is 11.1 Å². The smallest absolute Gasteiger partial charge is 0.253 e. The lowest BCUT2D eigenvalue weighted by atomic mass is 10.1. The zero-order valence-corrected chi connectivity index (χ0v) is 16.8. The van der Waals surface area contributed by atoms with Crippen molar-refractivity contribution in [1.29, 1.82) is 0 Å². The number of rotatable bonds is 5. The highest BCUT2D eigenvalue weighted by atomic mass is 16.5. The Morgan fingerprint density at radius 2 is 1.83 bits per heavy atom. The highest BCUT2D eigenvalue weighted by Gasteiger charge is 2.15. The minimum atomic E-state index is -0.0319. The Morgan fingerprint density at radius 3 is 2.59 bits per heavy atom. The van der Waals surface area contributed by atoms with Crippen LogP contribution >= 0.6 is 0 Å². The second kappa shape index (κ2) is 7.80. The maximum atomic E-state index is 12.9. The number of benzene rings is 3. The van der Waals surface area contributed by atoms with Gasteiger partial charge in [-0.3, -0.25) is 9.36 Å². The predicted molar refractivity (Wildman–Crippen MR) is 115 cm³/mol. The fourth-order valence-corrected chi connectivity index (χ4v) is 3.51. The Kier molecular flexibility index (Phi) is 5.04. The van der Waals surface area contributed by atoms with Gasteiger partial charge in [-0.2, -0.15) is 0 Å². The number of methoxy groups -OCH3 is 1. The summed E-state index contributed by atoms with van der Waals surface area (Å²) in [4.78, 5) is 19.0. The molecule has 0 aliphatic carbocycles. The van der Waals surface area contributed by atoms with E-state index < -0.39 is 0 Å². The van der Waals surface area contributed by atoms with Gasteiger partial charge in [-0.05, 0) is 49.4 Å². The Balaban J connectivity index is 1.54. The quantitative estimate of drug-likeness (QED) is 0.504. The molecule has 146 valence electrons. The molecule has 5 heteroatoms. The zero-order valence-electron chi connectivity index (χ0n) is 16.8. The van der Waals surface area contributed by atoms with Crippen LogP contribution in [-0.2, 0) is 6.54 Å². The number of aromatic nitrogens is 2. The van der Waals surface area contributed by atoms with Crippen molar-refractivity contribution in [3.63, 3.8) is 0 Å². The molecule has 5 nitrogen and oxygen atoms in total. The molecule has 1 amide bonds. The van der Waals surface area contributed by atoms with Gasteiger partial charge in [0.25, 0.3) is 5.91 Å². The van der Waals surface area contributed by atoms with Crippen molar-refractivity contribution in [2.75, 3.05) is 14.2 Å². The van der Waals surface area contributed by atoms with Crippen LogP contribution in [0.4, 0.5) is 0 Å². The molecule has 0 bridgehead atoms. The second-order valence-corrected chi connectivity index (χ2v) is 7.13. The van der Waals surface area contributed by atoms with Gasteiger partial charge in [0.2, 0.25) is 0 Å². The number of carbonyl (C=O) groups is 1. The van der Waals surface area contributed by atoms with Crippen LogP contribution in [0.2, 0.25) is 0 Å². The maximum Gasteiger partial charge on any atom is 0.253 e. The van der Waals surface area contributed by atoms with Crippen LogP contribution in [0.25, 0.3) is 16.7 Å². The molecule has 0 saturated heterocycles. The minimum absolute atomic E-state index is 0.0319. The summed E-state index contributed by atoms with van der Waals surface area (Å²) in [6.07, 6.45) is 1.80. The summed E-state index contributed by atoms with van der Waals surface area (Å²) in [6, 6.07) is 21.6. The molecular formula is C24H23N3O2. The molecule has 29 heavy (non-hydrogen) atoms. The highest BCUT2D eigenvalue weighted by molar-refractivity contribution is 5.94. The average molecular weight is 385 g/mol. The number of carbonyl (C=O) groups excluding carboxylic acids is 1. The van der Waals surface area contributed by atoms with Crippen molar-refractivity contribution in [1.82, 2.24) is 14.5 Å². The molecule has 4 rings (SSSR count). The van der Waals surface area contributed by atoms with E-state index in [9.17, 15) is 4.79 Å². The monoisotopic (exact) mass is 385 g/mol. The third kappa shape index (κ3) is 3.72. The van der Waals surface area contributed by atoms with Crippen LogP contribution in [0.5, 0.6) is 5.75 Å². The topological polar surface area (TPSA) is 47.4 Å². The first-order chi connectivity index (χ1) is 14.1. The van der Waals surface area contributed by atoms with E-state index in [-0.39, 0.29) is 5.91 Å². The van der Waals surface area contributed by atoms with E-state index >= 15 is 0 Å². The van der Waals surface area contributed by atoms with Gasteiger partial charge >= 0.3 is 0 Å². The lowest BCUT2D eigenvalue weighted by Crippen LogP contribution is -2.26. The molecule has 1 aromatic heterocycles. The molecule has 0 radical (unpaired) electrons. The normalized spacial score (nSPS) is 10.9. The van der Waals surface area contributed by atoms with E-state index in [1.807, 2.05) is 72.2 Å². The van der Waals surface area contributed by atoms with Crippen molar-refractivity contribution in [3.8, 4) is 11.4 Å². The standard InChI is InChI=1S/C24H23N3O2/c1-17-8-13-23(29-3)19(14-17)15-26(2)24(28)18-9-11-20(12-10-18)27-16-25-21-6-4-5-7-22(21)27/h4-14,16H,15H2,1-3H3. The molecule has 0 unspecified atom stereocenters. The van der Waals surface area contributed by atoms with Gasteiger partial charge in [0, 0.05) is 30.4 Å². The number of hydrogen-bond acceptors (Lipinski definition) is 3. The van der Waals surface area contributed by atoms with Crippen molar-refractivity contribution in [2.45, 2.75) is 13.5 Å². The van der Waals surface area contributed by atoms with Crippen LogP contribution in [-0.4, -0.2) is 34.5 Å². The van der Waals surface area contributed by atoms with E-state index in [0.717, 1.165) is 33.6 Å². The Bertz CT molecular complexity index is 1160. The summed E-state index contributed by atoms with van der Waals surface area (Å²) < 4.78 is 7.45. The average Bonchev–Trinajstić information content (AvgIpc) is 3.17. The van der Waals surface area contributed by atoms with Gasteiger partial charge in [-0.1, -0.05) is 29.8 Å². The number of imidazole rings is 1. The van der Waals surface area contributed by atoms with Crippen LogP contribution in [0.1, 0.15) is 21.5 Å². The number of amides is 1. The van der Waals surface area contributed by atoms with Crippen molar-refractivity contribution in [3.05, 3.63) is 89.7 Å². The van der Waals surface area contributed by atoms with Gasteiger partial charge < -0.3 is 9.64 Å². The molecule has 1 heterocycles. The summed E-state index contributed by atoms with van der Waals surface area (Å²) >= 11 is 0. The Labute approximate surface area is 170 Å². The van der Waals surface area contributed by atoms with Crippen LogP contribution in [0.15, 0.2) is 73.1 Å². The number of fused-ring (bicyclic) bond motifs is 1. The molecule has 0 N–H and O–H groups in total. The Morgan fingerprint density at radius 1 is 1.07 bits per heavy atom. The predicted octanol–water partition coefficient (Wildman–Crippen LogP) is 4.61. The summed E-state index contributed by atoms with van der Waals surface area (Å²) in [5.41, 5.74) is 5.73. The van der Waals surface area contributed by atoms with Gasteiger partial charge in [0.05, 0.1) is 18.1 Å². The van der Waals surface area contributed by atoms with E-state index in [1.165, 1.54) is 0 Å². The Hall–Kier alpha value is -3.60. The number of para-hydroxylation sites is 2. The largest absolute Gasteiger partial charge is 0.496 e. The van der Waals surface area contributed by atoms with E-state index in [1.54, 1.807) is 25.4 Å². The van der Waals surface area contributed by atoms with Crippen molar-refractivity contribution < 1.29 is 9.53 Å². The van der Waals surface area contributed by atoms with E-state index in [0.29, 0.717) is 12.1 Å². The van der Waals surface area contributed by atoms with Crippen LogP contribution < -0.4 is 4.74 Å². The number of aryl methyl sites for hydroxylation is 1. The van der Waals surface area contributed by atoms with Gasteiger partial charge in [0.1, 0.15) is 12.1 Å². The van der Waals surface area contributed by atoms with Crippen molar-refractivity contribution >= 4 is 16.9 Å². The summed E-state index contributed by atoms with van der Waals surface area (Å²) in [7, 11) is 3.45. The third-order valence-electron chi connectivity index (χ3n) is 5.04. The number of ether oxygens (including phenoxy) is 1. The molecule has 0 aliphatic heterocycles. The summed E-state index contributed by atoms with van der Waals surface area (Å²) in [5, 5.41) is 0. The molecule has 0 spiro atoms. The number of hydrogen-bond donors (Lipinski definition) is 0. The van der Waals surface area contributed by atoms with E-state index in [4.69, 9.17) is 4.74 Å². The minimum Gasteiger partial charge on any atom is -0.496 e. The molecule has 0 saturated carbocycles. The van der Waals surface area contributed by atoms with Crippen LogP contribution in [0, 0.1) is 6.92 Å². The highest BCUT2D eigenvalue weighted by Crippen LogP contribution is 2.22. The van der Waals surface area contributed by atoms with Gasteiger partial charge in [0.15, 0.2) is 0 Å². The summed E-state index contributed by atoms with van der Waals surface area (Å²) in [5.74, 6) is 0.758. The molecule has 3 aromatic carbocycles. The molecule has 0 fully saturated rings. The van der Waals surface area contributed by atoms with Gasteiger partial charge in [-0.15, -0.1) is 0 Å². The first-order valence-electron chi connectivity index (χ1n) is 9.48. The SMILES string of the molecule is COc1ccc(C)cc1CN(C)C(=O)c1ccc(-n2cnc3ccccc32)cc1. The molecule has 0 aliphatic rings. The second-order valence-electron chi connectivity index (χ2n) is 7.13. The zero-order chi connectivity index (χ0) is 20.4. The third-order valence-corrected chi connectivity index (χ3v) is 5.04. The fourth-order valence-electron chi connectivity index (χ4n) is 3.51.